The lowest BCUT2D eigenvalue weighted by molar-refractivity contribution is -0.139. The molecule has 0 spiro atoms. The maximum absolute atomic E-state index is 13.6. The van der Waals surface area contributed by atoms with Crippen LogP contribution in [0.2, 0.25) is 0 Å². The van der Waals surface area contributed by atoms with Gasteiger partial charge in [-0.25, -0.2) is 4.79 Å². The van der Waals surface area contributed by atoms with Crippen molar-refractivity contribution < 1.29 is 35.9 Å². The van der Waals surface area contributed by atoms with E-state index in [1.807, 2.05) is 0 Å². The number of carbonyl (C=O) groups is 1. The summed E-state index contributed by atoms with van der Waals surface area (Å²) in [5, 5.41) is 4.67. The van der Waals surface area contributed by atoms with E-state index in [1.165, 1.54) is 26.2 Å². The number of amides is 2. The zero-order chi connectivity index (χ0) is 23.6. The van der Waals surface area contributed by atoms with Crippen LogP contribution in [0.15, 0.2) is 36.4 Å². The Morgan fingerprint density at radius 2 is 1.58 bits per heavy atom. The van der Waals surface area contributed by atoms with Crippen LogP contribution < -0.4 is 20.3 Å². The van der Waals surface area contributed by atoms with E-state index in [0.717, 1.165) is 23.1 Å². The fourth-order valence-electron chi connectivity index (χ4n) is 2.71. The Labute approximate surface area is 175 Å². The monoisotopic (exact) mass is 449 g/mol. The molecule has 0 radical (unpaired) electrons. The van der Waals surface area contributed by atoms with Gasteiger partial charge in [-0.05, 0) is 50.2 Å². The predicted molar refractivity (Wildman–Crippen MR) is 105 cm³/mol. The molecule has 0 unspecified atom stereocenters. The zero-order valence-corrected chi connectivity index (χ0v) is 17.1. The third kappa shape index (κ3) is 5.96. The molecular formula is C20H21F6N3O2. The van der Waals surface area contributed by atoms with E-state index in [1.54, 1.807) is 13.8 Å². The van der Waals surface area contributed by atoms with Crippen molar-refractivity contribution in [3.63, 3.8) is 0 Å². The lowest BCUT2D eigenvalue weighted by Crippen LogP contribution is -2.34. The fraction of sp³-hybridized carbons (Fsp3) is 0.350. The molecule has 0 heterocycles. The SMILES string of the molecule is CNC(=O)N(C)c1ccc(Nc2ccc(OC(C)C)c(C(F)(F)F)c2)c(C(F)(F)F)c1. The van der Waals surface area contributed by atoms with Crippen molar-refractivity contribution in [3.05, 3.63) is 47.5 Å². The third-order valence-electron chi connectivity index (χ3n) is 4.14. The van der Waals surface area contributed by atoms with Crippen LogP contribution in [-0.2, 0) is 12.4 Å². The number of nitrogens with one attached hydrogen (secondary N) is 2. The Hall–Kier alpha value is -3.11. The normalized spacial score (nSPS) is 12.0. The highest BCUT2D eigenvalue weighted by molar-refractivity contribution is 5.91. The molecule has 2 amide bonds. The molecule has 0 aromatic heterocycles. The second-order valence-corrected chi connectivity index (χ2v) is 6.84. The van der Waals surface area contributed by atoms with Crippen LogP contribution in [0.4, 0.5) is 48.2 Å². The molecule has 0 aliphatic carbocycles. The molecule has 0 saturated carbocycles. The third-order valence-corrected chi connectivity index (χ3v) is 4.14. The highest BCUT2D eigenvalue weighted by Crippen LogP contribution is 2.41. The minimum absolute atomic E-state index is 0.0473. The summed E-state index contributed by atoms with van der Waals surface area (Å²) >= 11 is 0. The first-order valence-corrected chi connectivity index (χ1v) is 9.05. The van der Waals surface area contributed by atoms with Gasteiger partial charge in [0, 0.05) is 25.5 Å². The summed E-state index contributed by atoms with van der Waals surface area (Å²) in [7, 11) is 2.61. The quantitative estimate of drug-likeness (QED) is 0.548. The van der Waals surface area contributed by atoms with E-state index in [0.29, 0.717) is 6.07 Å². The van der Waals surface area contributed by atoms with Crippen LogP contribution in [0.5, 0.6) is 5.75 Å². The van der Waals surface area contributed by atoms with Gasteiger partial charge in [0.1, 0.15) is 5.75 Å². The number of ether oxygens (including phenoxy) is 1. The summed E-state index contributed by atoms with van der Waals surface area (Å²) in [6, 6.07) is 5.31. The minimum atomic E-state index is -4.82. The summed E-state index contributed by atoms with van der Waals surface area (Å²) < 4.78 is 86.2. The summed E-state index contributed by atoms with van der Waals surface area (Å²) in [5.41, 5.74) is -2.98. The van der Waals surface area contributed by atoms with Gasteiger partial charge in [0.2, 0.25) is 0 Å². The van der Waals surface area contributed by atoms with Gasteiger partial charge in [0.15, 0.2) is 0 Å². The van der Waals surface area contributed by atoms with E-state index in [2.05, 4.69) is 10.6 Å². The maximum atomic E-state index is 13.6. The highest BCUT2D eigenvalue weighted by Gasteiger charge is 2.36. The lowest BCUT2D eigenvalue weighted by atomic mass is 10.1. The molecule has 0 bridgehead atoms. The fourth-order valence-corrected chi connectivity index (χ4v) is 2.71. The smallest absolute Gasteiger partial charge is 0.420 e. The van der Waals surface area contributed by atoms with Gasteiger partial charge in [0.05, 0.1) is 22.9 Å². The highest BCUT2D eigenvalue weighted by atomic mass is 19.4. The van der Waals surface area contributed by atoms with Gasteiger partial charge in [-0.2, -0.15) is 26.3 Å². The number of alkyl halides is 6. The molecule has 2 aromatic rings. The van der Waals surface area contributed by atoms with Crippen LogP contribution in [0, 0.1) is 0 Å². The van der Waals surface area contributed by atoms with Gasteiger partial charge in [-0.3, -0.25) is 4.90 Å². The maximum Gasteiger partial charge on any atom is 0.420 e. The first-order valence-electron chi connectivity index (χ1n) is 9.05. The number of hydrogen-bond donors (Lipinski definition) is 2. The summed E-state index contributed by atoms with van der Waals surface area (Å²) in [6.07, 6.45) is -10.1. The molecule has 170 valence electrons. The number of rotatable bonds is 5. The van der Waals surface area contributed by atoms with Crippen LogP contribution in [-0.4, -0.2) is 26.2 Å². The van der Waals surface area contributed by atoms with Crippen LogP contribution >= 0.6 is 0 Å². The van der Waals surface area contributed by atoms with Crippen LogP contribution in [0.25, 0.3) is 0 Å². The Morgan fingerprint density at radius 3 is 2.10 bits per heavy atom. The van der Waals surface area contributed by atoms with Crippen molar-refractivity contribution in [2.45, 2.75) is 32.3 Å². The molecule has 0 aliphatic heterocycles. The van der Waals surface area contributed by atoms with Gasteiger partial charge in [-0.1, -0.05) is 0 Å². The average molecular weight is 449 g/mol. The largest absolute Gasteiger partial charge is 0.490 e. The number of nitrogens with zero attached hydrogens (tertiary/aromatic N) is 1. The van der Waals surface area contributed by atoms with E-state index in [4.69, 9.17) is 4.74 Å². The number of halogens is 6. The molecule has 0 atom stereocenters. The molecule has 2 rings (SSSR count). The van der Waals surface area contributed by atoms with E-state index in [9.17, 15) is 31.1 Å². The standard InChI is InChI=1S/C20H21F6N3O2/c1-11(2)31-17-8-5-12(9-15(17)20(24,25)26)28-16-7-6-13(29(4)18(30)27-3)10-14(16)19(21,22)23/h5-11,28H,1-4H3,(H,27,30). The summed E-state index contributed by atoms with van der Waals surface area (Å²) in [6.45, 7) is 3.11. The molecule has 31 heavy (non-hydrogen) atoms. The Balaban J connectivity index is 2.49. The Kier molecular flexibility index (Phi) is 6.97. The molecule has 0 aliphatic rings. The molecule has 0 saturated heterocycles. The Morgan fingerprint density at radius 1 is 0.968 bits per heavy atom. The van der Waals surface area contributed by atoms with E-state index < -0.39 is 47.1 Å². The average Bonchev–Trinajstić information content (AvgIpc) is 2.66. The van der Waals surface area contributed by atoms with Crippen molar-refractivity contribution in [2.24, 2.45) is 0 Å². The van der Waals surface area contributed by atoms with Crippen molar-refractivity contribution in [1.29, 1.82) is 0 Å². The zero-order valence-electron chi connectivity index (χ0n) is 17.1. The summed E-state index contributed by atoms with van der Waals surface area (Å²) in [5.74, 6) is -0.424. The number of carbonyl (C=O) groups excluding carboxylic acids is 1. The number of anilines is 3. The van der Waals surface area contributed by atoms with Crippen molar-refractivity contribution >= 4 is 23.1 Å². The lowest BCUT2D eigenvalue weighted by Gasteiger charge is -2.21. The van der Waals surface area contributed by atoms with E-state index >= 15 is 0 Å². The number of benzene rings is 2. The van der Waals surface area contributed by atoms with Crippen molar-refractivity contribution in [2.75, 3.05) is 24.3 Å². The second kappa shape index (κ2) is 8.94. The molecule has 2 N–H and O–H groups in total. The number of hydrogen-bond acceptors (Lipinski definition) is 3. The number of urea groups is 1. The Bertz CT molecular complexity index is 941. The van der Waals surface area contributed by atoms with Crippen LogP contribution in [0.1, 0.15) is 25.0 Å². The van der Waals surface area contributed by atoms with Gasteiger partial charge in [-0.15, -0.1) is 0 Å². The first kappa shape index (κ1) is 24.2. The van der Waals surface area contributed by atoms with Crippen molar-refractivity contribution in [1.82, 2.24) is 5.32 Å². The molecule has 0 fully saturated rings. The predicted octanol–water partition coefficient (Wildman–Crippen LogP) is 6.03. The van der Waals surface area contributed by atoms with Crippen LogP contribution in [0.3, 0.4) is 0 Å². The van der Waals surface area contributed by atoms with Gasteiger partial charge >= 0.3 is 18.4 Å². The topological polar surface area (TPSA) is 53.6 Å². The van der Waals surface area contributed by atoms with Crippen molar-refractivity contribution in [3.8, 4) is 5.75 Å². The van der Waals surface area contributed by atoms with Gasteiger partial charge in [0.25, 0.3) is 0 Å². The minimum Gasteiger partial charge on any atom is -0.490 e. The molecule has 5 nitrogen and oxygen atoms in total. The first-order chi connectivity index (χ1) is 14.2. The van der Waals surface area contributed by atoms with E-state index in [-0.39, 0.29) is 11.4 Å². The summed E-state index contributed by atoms with van der Waals surface area (Å²) in [4.78, 5) is 12.7. The molecule has 11 heteroatoms. The molecular weight excluding hydrogens is 428 g/mol. The molecule has 2 aromatic carbocycles. The second-order valence-electron chi connectivity index (χ2n) is 6.84. The van der Waals surface area contributed by atoms with Gasteiger partial charge < -0.3 is 15.4 Å².